The average Bonchev–Trinajstić information content (AvgIpc) is 3.47. The molecule has 2 saturated heterocycles. The molecule has 0 atom stereocenters. The molecule has 5 aromatic rings. The number of nitrogens with zero attached hydrogens (tertiary/aromatic N) is 3. The lowest BCUT2D eigenvalue weighted by Gasteiger charge is -2.53. The normalized spacial score (nSPS) is 16.3. The second-order valence-corrected chi connectivity index (χ2v) is 14.2. The number of anilines is 3. The van der Waals surface area contributed by atoms with Crippen LogP contribution < -0.4 is 15.1 Å². The third-order valence-electron chi connectivity index (χ3n) is 9.80. The van der Waals surface area contributed by atoms with Gasteiger partial charge in [-0.15, -0.1) is 11.3 Å². The van der Waals surface area contributed by atoms with Crippen LogP contribution in [0.2, 0.25) is 0 Å². The SMILES string of the molecule is O=C(Nc1c(F)cc(F)cc1F)c1cc2c(s1)-c1ccc(F)cc1N(C(=O)c1ccc(-c3cc(F)cnc3N3CC4(CCOCC4)C3)cc1)CC2. The van der Waals surface area contributed by atoms with Gasteiger partial charge in [-0.1, -0.05) is 12.1 Å². The molecule has 13 heteroatoms. The number of aromatic nitrogens is 1. The highest BCUT2D eigenvalue weighted by atomic mass is 32.1. The van der Waals surface area contributed by atoms with E-state index in [1.807, 2.05) is 0 Å². The van der Waals surface area contributed by atoms with Gasteiger partial charge in [0.1, 0.15) is 29.0 Å². The number of carbonyl (C=O) groups is 2. The lowest BCUT2D eigenvalue weighted by atomic mass is 9.73. The average molecular weight is 717 g/mol. The van der Waals surface area contributed by atoms with Gasteiger partial charge in [0, 0.05) is 72.0 Å². The number of rotatable bonds is 5. The van der Waals surface area contributed by atoms with Gasteiger partial charge in [0.05, 0.1) is 16.8 Å². The third-order valence-corrected chi connectivity index (χ3v) is 11.0. The smallest absolute Gasteiger partial charge is 0.265 e. The highest BCUT2D eigenvalue weighted by Crippen LogP contribution is 2.45. The Kier molecular flexibility index (Phi) is 8.34. The molecule has 0 radical (unpaired) electrons. The van der Waals surface area contributed by atoms with Crippen molar-refractivity contribution in [3.63, 3.8) is 0 Å². The Hall–Kier alpha value is -5.14. The predicted octanol–water partition coefficient (Wildman–Crippen LogP) is 8.24. The van der Waals surface area contributed by atoms with Crippen molar-refractivity contribution in [3.05, 3.63) is 118 Å². The molecular formula is C38H29F5N4O3S. The number of ether oxygens (including phenoxy) is 1. The molecule has 0 bridgehead atoms. The largest absolute Gasteiger partial charge is 0.381 e. The molecule has 3 aromatic carbocycles. The molecule has 5 heterocycles. The van der Waals surface area contributed by atoms with Crippen molar-refractivity contribution in [1.82, 2.24) is 4.98 Å². The number of pyridine rings is 1. The van der Waals surface area contributed by atoms with Gasteiger partial charge in [0.25, 0.3) is 11.8 Å². The van der Waals surface area contributed by atoms with Gasteiger partial charge in [-0.25, -0.2) is 26.9 Å². The maximum absolute atomic E-state index is 14.7. The zero-order valence-electron chi connectivity index (χ0n) is 26.9. The predicted molar refractivity (Wildman–Crippen MR) is 184 cm³/mol. The minimum absolute atomic E-state index is 0.126. The van der Waals surface area contributed by atoms with Gasteiger partial charge in [-0.3, -0.25) is 9.59 Å². The van der Waals surface area contributed by atoms with E-state index < -0.39 is 40.7 Å². The summed E-state index contributed by atoms with van der Waals surface area (Å²) in [5.74, 6) is -5.17. The Morgan fingerprint density at radius 2 is 1.55 bits per heavy atom. The Labute approximate surface area is 293 Å². The van der Waals surface area contributed by atoms with Gasteiger partial charge in [-0.2, -0.15) is 0 Å². The van der Waals surface area contributed by atoms with E-state index in [-0.39, 0.29) is 22.7 Å². The van der Waals surface area contributed by atoms with E-state index in [1.165, 1.54) is 35.4 Å². The summed E-state index contributed by atoms with van der Waals surface area (Å²) < 4.78 is 76.5. The van der Waals surface area contributed by atoms with Gasteiger partial charge < -0.3 is 19.9 Å². The lowest BCUT2D eigenvalue weighted by Crippen LogP contribution is -2.59. The summed E-state index contributed by atoms with van der Waals surface area (Å²) in [5.41, 5.74) is 2.54. The number of hydrogen-bond donors (Lipinski definition) is 1. The molecule has 0 aliphatic carbocycles. The summed E-state index contributed by atoms with van der Waals surface area (Å²) in [6.45, 7) is 3.23. The first-order valence-corrected chi connectivity index (χ1v) is 17.2. The summed E-state index contributed by atoms with van der Waals surface area (Å²) in [6.07, 6.45) is 3.45. The van der Waals surface area contributed by atoms with Crippen molar-refractivity contribution in [2.75, 3.05) is 48.0 Å². The molecule has 0 unspecified atom stereocenters. The summed E-state index contributed by atoms with van der Waals surface area (Å²) in [5, 5.41) is 2.18. The number of halogens is 5. The van der Waals surface area contributed by atoms with E-state index in [2.05, 4.69) is 15.2 Å². The lowest BCUT2D eigenvalue weighted by molar-refractivity contribution is -0.000422. The fourth-order valence-corrected chi connectivity index (χ4v) is 8.29. The van der Waals surface area contributed by atoms with Crippen LogP contribution in [0, 0.1) is 34.5 Å². The molecule has 2 aromatic heterocycles. The number of amides is 2. The molecular weight excluding hydrogens is 687 g/mol. The summed E-state index contributed by atoms with van der Waals surface area (Å²) in [4.78, 5) is 35.8. The minimum atomic E-state index is -1.25. The van der Waals surface area contributed by atoms with Crippen LogP contribution >= 0.6 is 11.3 Å². The molecule has 3 aliphatic rings. The van der Waals surface area contributed by atoms with Crippen molar-refractivity contribution in [2.24, 2.45) is 5.41 Å². The summed E-state index contributed by atoms with van der Waals surface area (Å²) in [7, 11) is 0. The Morgan fingerprint density at radius 3 is 2.27 bits per heavy atom. The Balaban J connectivity index is 1.05. The molecule has 51 heavy (non-hydrogen) atoms. The Morgan fingerprint density at radius 1 is 0.824 bits per heavy atom. The highest BCUT2D eigenvalue weighted by Gasteiger charge is 2.45. The van der Waals surface area contributed by atoms with Crippen molar-refractivity contribution in [1.29, 1.82) is 0 Å². The standard InChI is InChI=1S/C38H29F5N4O3S/c39-24-5-6-27-31(17-24)47(10-7-23-13-32(51-34(23)27)36(48)45-33-29(42)15-25(40)16-30(33)43)37(49)22-3-1-21(2-4-22)28-14-26(41)18-44-35(28)46-19-38(20-46)8-11-50-12-9-38/h1-6,13-18H,7-12,19-20H2,(H,45,48). The van der Waals surface area contributed by atoms with E-state index >= 15 is 0 Å². The van der Waals surface area contributed by atoms with Crippen LogP contribution in [0.15, 0.2) is 72.9 Å². The topological polar surface area (TPSA) is 74.8 Å². The van der Waals surface area contributed by atoms with E-state index in [1.54, 1.807) is 30.3 Å². The second-order valence-electron chi connectivity index (χ2n) is 13.1. The molecule has 2 amide bonds. The number of benzene rings is 3. The first-order valence-electron chi connectivity index (χ1n) is 16.4. The monoisotopic (exact) mass is 716 g/mol. The van der Waals surface area contributed by atoms with Crippen LogP contribution in [-0.4, -0.2) is 49.6 Å². The number of thiophene rings is 1. The maximum atomic E-state index is 14.7. The number of hydrogen-bond acceptors (Lipinski definition) is 6. The van der Waals surface area contributed by atoms with Crippen LogP contribution in [0.1, 0.15) is 38.4 Å². The molecule has 8 rings (SSSR count). The number of nitrogens with one attached hydrogen (secondary N) is 1. The summed E-state index contributed by atoms with van der Waals surface area (Å²) >= 11 is 1.03. The molecule has 0 saturated carbocycles. The highest BCUT2D eigenvalue weighted by molar-refractivity contribution is 7.17. The first-order chi connectivity index (χ1) is 24.6. The number of fused-ring (bicyclic) bond motifs is 3. The van der Waals surface area contributed by atoms with Crippen LogP contribution in [-0.2, 0) is 11.2 Å². The summed E-state index contributed by atoms with van der Waals surface area (Å²) in [6, 6.07) is 14.8. The van der Waals surface area contributed by atoms with E-state index in [4.69, 9.17) is 4.74 Å². The van der Waals surface area contributed by atoms with Crippen molar-refractivity contribution < 1.29 is 36.3 Å². The van der Waals surface area contributed by atoms with Gasteiger partial charge in [0.15, 0.2) is 11.6 Å². The van der Waals surface area contributed by atoms with Crippen molar-refractivity contribution in [2.45, 2.75) is 19.3 Å². The van der Waals surface area contributed by atoms with Crippen LogP contribution in [0.5, 0.6) is 0 Å². The van der Waals surface area contributed by atoms with Crippen molar-refractivity contribution >= 4 is 40.3 Å². The van der Waals surface area contributed by atoms with Gasteiger partial charge in [0.2, 0.25) is 0 Å². The molecule has 2 fully saturated rings. The van der Waals surface area contributed by atoms with E-state index in [9.17, 15) is 31.5 Å². The minimum Gasteiger partial charge on any atom is -0.381 e. The molecule has 1 spiro atoms. The quantitative estimate of drug-likeness (QED) is 0.186. The first kappa shape index (κ1) is 33.0. The van der Waals surface area contributed by atoms with Crippen LogP contribution in [0.3, 0.4) is 0 Å². The molecule has 7 nitrogen and oxygen atoms in total. The zero-order valence-corrected chi connectivity index (χ0v) is 27.8. The third kappa shape index (κ3) is 6.14. The second kappa shape index (κ2) is 12.9. The van der Waals surface area contributed by atoms with E-state index in [0.29, 0.717) is 62.8 Å². The van der Waals surface area contributed by atoms with Gasteiger partial charge >= 0.3 is 0 Å². The van der Waals surface area contributed by atoms with Crippen LogP contribution in [0.4, 0.5) is 39.1 Å². The number of carbonyl (C=O) groups excluding carboxylic acids is 2. The fraction of sp³-hybridized carbons (Fsp3) is 0.237. The molecule has 1 N–H and O–H groups in total. The Bertz CT molecular complexity index is 2170. The fourth-order valence-electron chi connectivity index (χ4n) is 7.15. The molecule has 3 aliphatic heterocycles. The molecule has 260 valence electrons. The van der Waals surface area contributed by atoms with Crippen molar-refractivity contribution in [3.8, 4) is 21.6 Å². The van der Waals surface area contributed by atoms with E-state index in [0.717, 1.165) is 50.5 Å². The van der Waals surface area contributed by atoms with Gasteiger partial charge in [-0.05, 0) is 72.9 Å². The van der Waals surface area contributed by atoms with Crippen LogP contribution in [0.25, 0.3) is 21.6 Å². The maximum Gasteiger partial charge on any atom is 0.265 e. The zero-order chi connectivity index (χ0) is 35.4.